The van der Waals surface area contributed by atoms with Crippen molar-refractivity contribution in [2.45, 2.75) is 6.04 Å². The van der Waals surface area contributed by atoms with E-state index in [1.54, 1.807) is 17.8 Å². The van der Waals surface area contributed by atoms with Crippen LogP contribution in [-0.4, -0.2) is 46.0 Å². The number of carboxylic acid groups (broad SMARTS) is 1. The van der Waals surface area contributed by atoms with Gasteiger partial charge in [-0.25, -0.2) is 4.79 Å². The summed E-state index contributed by atoms with van der Waals surface area (Å²) in [5, 5.41) is 9.15. The van der Waals surface area contributed by atoms with Crippen molar-refractivity contribution in [1.82, 2.24) is 4.90 Å². The summed E-state index contributed by atoms with van der Waals surface area (Å²) in [5.41, 5.74) is 0.888. The van der Waals surface area contributed by atoms with Crippen LogP contribution < -0.4 is 0 Å². The van der Waals surface area contributed by atoms with E-state index in [0.717, 1.165) is 15.8 Å². The van der Waals surface area contributed by atoms with Gasteiger partial charge >= 0.3 is 5.97 Å². The summed E-state index contributed by atoms with van der Waals surface area (Å²) < 4.78 is 0.896. The Bertz CT molecular complexity index is 547. The van der Waals surface area contributed by atoms with Crippen LogP contribution in [0.25, 0.3) is 6.08 Å². The lowest BCUT2D eigenvalue weighted by atomic mass is 10.2. The Balaban J connectivity index is 2.10. The Labute approximate surface area is 130 Å². The smallest absolute Gasteiger partial charge is 0.327 e. The number of nitrogens with zero attached hydrogens (tertiary/aromatic N) is 1. The molecule has 1 amide bonds. The summed E-state index contributed by atoms with van der Waals surface area (Å²) in [5.74, 6) is 0.0239. The van der Waals surface area contributed by atoms with Crippen LogP contribution in [0, 0.1) is 0 Å². The van der Waals surface area contributed by atoms with Gasteiger partial charge in [-0.15, -0.1) is 0 Å². The summed E-state index contributed by atoms with van der Waals surface area (Å²) >= 11 is 4.97. The molecule has 1 aromatic carbocycles. The normalized spacial score (nSPS) is 19.2. The van der Waals surface area contributed by atoms with Crippen LogP contribution in [0.2, 0.25) is 0 Å². The van der Waals surface area contributed by atoms with Gasteiger partial charge in [0.1, 0.15) is 6.04 Å². The second-order valence-electron chi connectivity index (χ2n) is 4.32. The number of amides is 1. The van der Waals surface area contributed by atoms with Crippen molar-refractivity contribution in [3.8, 4) is 0 Å². The van der Waals surface area contributed by atoms with Crippen molar-refractivity contribution in [1.29, 1.82) is 0 Å². The number of carbonyl (C=O) groups is 2. The van der Waals surface area contributed by atoms with Crippen LogP contribution in [0.5, 0.6) is 0 Å². The largest absolute Gasteiger partial charge is 0.480 e. The van der Waals surface area contributed by atoms with Crippen LogP contribution in [0.3, 0.4) is 0 Å². The van der Waals surface area contributed by atoms with Crippen LogP contribution in [0.4, 0.5) is 0 Å². The van der Waals surface area contributed by atoms with E-state index < -0.39 is 12.0 Å². The van der Waals surface area contributed by atoms with E-state index in [0.29, 0.717) is 12.3 Å². The first-order valence-corrected chi connectivity index (χ1v) is 8.08. The molecular formula is C14H14BrNO3S. The maximum absolute atomic E-state index is 12.1. The van der Waals surface area contributed by atoms with E-state index in [1.807, 2.05) is 24.3 Å². The van der Waals surface area contributed by atoms with Gasteiger partial charge in [-0.05, 0) is 17.7 Å². The van der Waals surface area contributed by atoms with Gasteiger partial charge in [0.15, 0.2) is 0 Å². The second kappa shape index (κ2) is 6.95. The number of hydrogen-bond donors (Lipinski definition) is 1. The molecule has 1 heterocycles. The van der Waals surface area contributed by atoms with E-state index in [4.69, 9.17) is 5.11 Å². The molecule has 0 saturated carbocycles. The summed E-state index contributed by atoms with van der Waals surface area (Å²) in [7, 11) is 0. The Hall–Kier alpha value is -1.27. The zero-order chi connectivity index (χ0) is 14.5. The first-order valence-electron chi connectivity index (χ1n) is 6.13. The molecule has 1 N–H and O–H groups in total. The van der Waals surface area contributed by atoms with Crippen molar-refractivity contribution in [3.05, 3.63) is 40.4 Å². The predicted molar refractivity (Wildman–Crippen MR) is 83.6 cm³/mol. The highest BCUT2D eigenvalue weighted by Crippen LogP contribution is 2.19. The van der Waals surface area contributed by atoms with Gasteiger partial charge < -0.3 is 10.0 Å². The third-order valence-electron chi connectivity index (χ3n) is 3.01. The molecule has 1 fully saturated rings. The van der Waals surface area contributed by atoms with Crippen LogP contribution >= 0.6 is 27.7 Å². The summed E-state index contributed by atoms with van der Waals surface area (Å²) in [6.45, 7) is 0.473. The average molecular weight is 356 g/mol. The van der Waals surface area contributed by atoms with E-state index >= 15 is 0 Å². The van der Waals surface area contributed by atoms with Crippen molar-refractivity contribution in [2.24, 2.45) is 0 Å². The Morgan fingerprint density at radius 3 is 2.85 bits per heavy atom. The molecule has 1 saturated heterocycles. The fraction of sp³-hybridized carbons (Fsp3) is 0.286. The predicted octanol–water partition coefficient (Wildman–Crippen LogP) is 2.49. The first kappa shape index (κ1) is 15.1. The average Bonchev–Trinajstić information content (AvgIpc) is 2.46. The quantitative estimate of drug-likeness (QED) is 0.846. The molecule has 20 heavy (non-hydrogen) atoms. The highest BCUT2D eigenvalue weighted by Gasteiger charge is 2.31. The molecule has 1 atom stereocenters. The number of carboxylic acids is 1. The molecule has 6 heteroatoms. The standard InChI is InChI=1S/C14H14BrNO3S/c15-11-4-2-1-3-10(11)5-6-13(17)16-7-8-20-9-12(16)14(18)19/h1-6,12H,7-9H2,(H,18,19)/b6-5+. The number of thioether (sulfide) groups is 1. The molecule has 0 spiro atoms. The number of hydrogen-bond acceptors (Lipinski definition) is 3. The number of halogens is 1. The summed E-state index contributed by atoms with van der Waals surface area (Å²) in [6, 6.07) is 6.82. The number of carbonyl (C=O) groups excluding carboxylic acids is 1. The minimum Gasteiger partial charge on any atom is -0.480 e. The second-order valence-corrected chi connectivity index (χ2v) is 6.32. The fourth-order valence-corrected chi connectivity index (χ4v) is 3.39. The molecule has 1 aliphatic rings. The van der Waals surface area contributed by atoms with Gasteiger partial charge in [0.25, 0.3) is 0 Å². The van der Waals surface area contributed by atoms with Gasteiger partial charge in [0.05, 0.1) is 0 Å². The van der Waals surface area contributed by atoms with Gasteiger partial charge in [-0.2, -0.15) is 11.8 Å². The molecular weight excluding hydrogens is 342 g/mol. The van der Waals surface area contributed by atoms with E-state index in [2.05, 4.69) is 15.9 Å². The monoisotopic (exact) mass is 355 g/mol. The Morgan fingerprint density at radius 1 is 1.40 bits per heavy atom. The lowest BCUT2D eigenvalue weighted by Crippen LogP contribution is -2.49. The first-order chi connectivity index (χ1) is 9.59. The molecule has 0 aliphatic carbocycles. The van der Waals surface area contributed by atoms with E-state index in [9.17, 15) is 9.59 Å². The van der Waals surface area contributed by atoms with Crippen molar-refractivity contribution < 1.29 is 14.7 Å². The molecule has 1 aromatic rings. The summed E-state index contributed by atoms with van der Waals surface area (Å²) in [6.07, 6.45) is 3.14. The van der Waals surface area contributed by atoms with Crippen LogP contribution in [0.15, 0.2) is 34.8 Å². The minimum absolute atomic E-state index is 0.256. The molecule has 0 radical (unpaired) electrons. The third-order valence-corrected chi connectivity index (χ3v) is 4.75. The van der Waals surface area contributed by atoms with Crippen molar-refractivity contribution in [2.75, 3.05) is 18.1 Å². The zero-order valence-corrected chi connectivity index (χ0v) is 13.1. The molecule has 1 unspecified atom stereocenters. The fourth-order valence-electron chi connectivity index (χ4n) is 1.94. The highest BCUT2D eigenvalue weighted by atomic mass is 79.9. The van der Waals surface area contributed by atoms with Crippen molar-refractivity contribution in [3.63, 3.8) is 0 Å². The van der Waals surface area contributed by atoms with Gasteiger partial charge in [-0.1, -0.05) is 34.1 Å². The minimum atomic E-state index is -0.945. The lowest BCUT2D eigenvalue weighted by molar-refractivity contribution is -0.147. The van der Waals surface area contributed by atoms with Crippen LogP contribution in [0.1, 0.15) is 5.56 Å². The molecule has 4 nitrogen and oxygen atoms in total. The lowest BCUT2D eigenvalue weighted by Gasteiger charge is -2.31. The third kappa shape index (κ3) is 3.64. The van der Waals surface area contributed by atoms with Crippen molar-refractivity contribution >= 4 is 45.6 Å². The summed E-state index contributed by atoms with van der Waals surface area (Å²) in [4.78, 5) is 24.7. The van der Waals surface area contributed by atoms with Gasteiger partial charge in [0, 0.05) is 28.6 Å². The molecule has 0 aromatic heterocycles. The number of benzene rings is 1. The molecule has 0 bridgehead atoms. The highest BCUT2D eigenvalue weighted by molar-refractivity contribution is 9.10. The molecule has 1 aliphatic heterocycles. The SMILES string of the molecule is O=C(O)C1CSCCN1C(=O)/C=C/c1ccccc1Br. The van der Waals surface area contributed by atoms with Gasteiger partial charge in [-0.3, -0.25) is 4.79 Å². The maximum Gasteiger partial charge on any atom is 0.327 e. The maximum atomic E-state index is 12.1. The topological polar surface area (TPSA) is 57.6 Å². The Kier molecular flexibility index (Phi) is 5.25. The number of aliphatic carboxylic acids is 1. The van der Waals surface area contributed by atoms with E-state index in [-0.39, 0.29) is 5.91 Å². The van der Waals surface area contributed by atoms with Gasteiger partial charge in [0.2, 0.25) is 5.91 Å². The molecule has 106 valence electrons. The van der Waals surface area contributed by atoms with E-state index in [1.165, 1.54) is 11.0 Å². The van der Waals surface area contributed by atoms with Crippen LogP contribution in [-0.2, 0) is 9.59 Å². The molecule has 2 rings (SSSR count). The zero-order valence-electron chi connectivity index (χ0n) is 10.7. The number of rotatable bonds is 3. The Morgan fingerprint density at radius 2 is 2.15 bits per heavy atom.